The zero-order valence-electron chi connectivity index (χ0n) is 15.6. The summed E-state index contributed by atoms with van der Waals surface area (Å²) in [6.45, 7) is 1.25. The minimum atomic E-state index is -1.58. The van der Waals surface area contributed by atoms with E-state index in [1.54, 1.807) is 0 Å². The van der Waals surface area contributed by atoms with Crippen molar-refractivity contribution in [1.29, 1.82) is 0 Å². The maximum atomic E-state index is 12.6. The van der Waals surface area contributed by atoms with Crippen molar-refractivity contribution in [2.24, 2.45) is 16.9 Å². The molecule has 0 aromatic rings. The van der Waals surface area contributed by atoms with Crippen LogP contribution in [0.2, 0.25) is 0 Å². The van der Waals surface area contributed by atoms with Crippen LogP contribution in [0, 0.1) is 5.41 Å². The van der Waals surface area contributed by atoms with E-state index in [9.17, 15) is 19.2 Å². The number of carboxylic acids is 1. The first-order valence-electron chi connectivity index (χ1n) is 9.24. The van der Waals surface area contributed by atoms with Crippen LogP contribution in [0.25, 0.3) is 0 Å². The van der Waals surface area contributed by atoms with Crippen LogP contribution in [0.1, 0.15) is 71.1 Å². The molecule has 150 valence electrons. The first-order chi connectivity index (χ1) is 12.3. The average Bonchev–Trinajstić information content (AvgIpc) is 2.61. The number of esters is 2. The third kappa shape index (κ3) is 8.53. The van der Waals surface area contributed by atoms with Gasteiger partial charge in [0.1, 0.15) is 5.41 Å². The second-order valence-corrected chi connectivity index (χ2v) is 6.44. The van der Waals surface area contributed by atoms with Gasteiger partial charge in [0.05, 0.1) is 13.1 Å². The molecular formula is C18H32N2O6. The lowest BCUT2D eigenvalue weighted by atomic mass is 9.74. The summed E-state index contributed by atoms with van der Waals surface area (Å²) in [6.07, 6.45) is 5.81. The van der Waals surface area contributed by atoms with E-state index in [2.05, 4.69) is 6.92 Å². The van der Waals surface area contributed by atoms with E-state index >= 15 is 0 Å². The molecule has 0 saturated carbocycles. The second-order valence-electron chi connectivity index (χ2n) is 6.44. The predicted octanol–water partition coefficient (Wildman–Crippen LogP) is 1.53. The lowest BCUT2D eigenvalue weighted by molar-refractivity contribution is -0.169. The summed E-state index contributed by atoms with van der Waals surface area (Å²) in [5, 5.41) is 8.83. The maximum Gasteiger partial charge on any atom is 0.327 e. The number of nitrogens with two attached hydrogens (primary N) is 2. The lowest BCUT2D eigenvalue weighted by Crippen LogP contribution is -2.45. The monoisotopic (exact) mass is 372 g/mol. The van der Waals surface area contributed by atoms with E-state index in [1.807, 2.05) is 0 Å². The molecule has 1 unspecified atom stereocenters. The Morgan fingerprint density at radius 1 is 0.885 bits per heavy atom. The Labute approximate surface area is 154 Å². The molecule has 5 N–H and O–H groups in total. The molecule has 0 aliphatic rings. The maximum absolute atomic E-state index is 12.6. The normalized spacial score (nSPS) is 13.0. The van der Waals surface area contributed by atoms with Gasteiger partial charge >= 0.3 is 17.9 Å². The first kappa shape index (κ1) is 24.2. The molecule has 8 nitrogen and oxygen atoms in total. The fourth-order valence-electron chi connectivity index (χ4n) is 2.91. The van der Waals surface area contributed by atoms with Gasteiger partial charge in [0.25, 0.3) is 0 Å². The summed E-state index contributed by atoms with van der Waals surface area (Å²) in [6, 6.07) is 0. The minimum Gasteiger partial charge on any atom is -0.481 e. The molecule has 0 aromatic heterocycles. The number of aliphatic carboxylic acids is 1. The van der Waals surface area contributed by atoms with Crippen LogP contribution in [0.5, 0.6) is 0 Å². The number of hydrogen-bond acceptors (Lipinski definition) is 7. The Balaban J connectivity index is 5.17. The van der Waals surface area contributed by atoms with Gasteiger partial charge in [-0.05, 0) is 19.3 Å². The smallest absolute Gasteiger partial charge is 0.327 e. The van der Waals surface area contributed by atoms with E-state index < -0.39 is 35.7 Å². The molecule has 0 saturated heterocycles. The van der Waals surface area contributed by atoms with E-state index in [0.717, 1.165) is 32.1 Å². The Hall–Kier alpha value is -1.80. The van der Waals surface area contributed by atoms with Crippen molar-refractivity contribution in [3.63, 3.8) is 0 Å². The molecule has 0 aliphatic carbocycles. The number of ether oxygens (including phenoxy) is 1. The Morgan fingerprint density at radius 3 is 2.00 bits per heavy atom. The average molecular weight is 372 g/mol. The van der Waals surface area contributed by atoms with Crippen molar-refractivity contribution in [3.8, 4) is 0 Å². The van der Waals surface area contributed by atoms with Crippen LogP contribution in [0.4, 0.5) is 0 Å². The number of Topliss-reactive ketones (excluding diaryl/α,β-unsaturated/α-hetero) is 1. The summed E-state index contributed by atoms with van der Waals surface area (Å²) in [4.78, 5) is 47.2. The van der Waals surface area contributed by atoms with Gasteiger partial charge in [-0.15, -0.1) is 0 Å². The highest BCUT2D eigenvalue weighted by Gasteiger charge is 2.46. The SMILES string of the molecule is CCCCCCCCC(CCCC(=O)O)(C(=O)CN)C(=O)OC(=O)CN. The Bertz CT molecular complexity index is 480. The van der Waals surface area contributed by atoms with Crippen molar-refractivity contribution >= 4 is 23.7 Å². The largest absolute Gasteiger partial charge is 0.481 e. The van der Waals surface area contributed by atoms with Gasteiger partial charge in [0, 0.05) is 6.42 Å². The van der Waals surface area contributed by atoms with Gasteiger partial charge in [-0.25, -0.2) is 0 Å². The highest BCUT2D eigenvalue weighted by Crippen LogP contribution is 2.34. The van der Waals surface area contributed by atoms with Crippen LogP contribution in [-0.4, -0.2) is 41.9 Å². The van der Waals surface area contributed by atoms with Crippen molar-refractivity contribution in [1.82, 2.24) is 0 Å². The van der Waals surface area contributed by atoms with Crippen molar-refractivity contribution in [2.45, 2.75) is 71.1 Å². The minimum absolute atomic E-state index is 0.0129. The number of carboxylic acid groups (broad SMARTS) is 1. The van der Waals surface area contributed by atoms with Crippen molar-refractivity contribution in [3.05, 3.63) is 0 Å². The molecule has 0 fully saturated rings. The van der Waals surface area contributed by atoms with Crippen LogP contribution in [-0.2, 0) is 23.9 Å². The predicted molar refractivity (Wildman–Crippen MR) is 96.1 cm³/mol. The van der Waals surface area contributed by atoms with Gasteiger partial charge in [0.15, 0.2) is 5.78 Å². The summed E-state index contributed by atoms with van der Waals surface area (Å²) >= 11 is 0. The first-order valence-corrected chi connectivity index (χ1v) is 9.24. The van der Waals surface area contributed by atoms with Crippen molar-refractivity contribution < 1.29 is 29.0 Å². The fourth-order valence-corrected chi connectivity index (χ4v) is 2.91. The zero-order valence-corrected chi connectivity index (χ0v) is 15.6. The topological polar surface area (TPSA) is 150 Å². The molecule has 0 spiro atoms. The number of carbonyl (C=O) groups excluding carboxylic acids is 3. The fraction of sp³-hybridized carbons (Fsp3) is 0.778. The highest BCUT2D eigenvalue weighted by molar-refractivity contribution is 6.07. The zero-order chi connectivity index (χ0) is 20.0. The number of carbonyl (C=O) groups is 4. The molecule has 1 atom stereocenters. The number of ketones is 1. The molecule has 0 heterocycles. The standard InChI is InChI=1S/C18H32N2O6/c1-2-3-4-5-6-7-10-18(14(21)12-19,11-8-9-15(22)23)17(25)26-16(24)13-20/h2-13,19-20H2,1H3,(H,22,23). The molecule has 0 aliphatic heterocycles. The van der Waals surface area contributed by atoms with Gasteiger partial charge in [0.2, 0.25) is 0 Å². The van der Waals surface area contributed by atoms with E-state index in [1.165, 1.54) is 0 Å². The van der Waals surface area contributed by atoms with Gasteiger partial charge in [-0.1, -0.05) is 45.4 Å². The number of unbranched alkanes of at least 4 members (excludes halogenated alkanes) is 5. The quantitative estimate of drug-likeness (QED) is 0.222. The summed E-state index contributed by atoms with van der Waals surface area (Å²) in [5.74, 6) is -3.45. The molecule has 0 rings (SSSR count). The third-order valence-corrected chi connectivity index (χ3v) is 4.43. The van der Waals surface area contributed by atoms with Crippen LogP contribution in [0.3, 0.4) is 0 Å². The van der Waals surface area contributed by atoms with Gasteiger partial charge < -0.3 is 21.3 Å². The van der Waals surface area contributed by atoms with Crippen molar-refractivity contribution in [2.75, 3.05) is 13.1 Å². The highest BCUT2D eigenvalue weighted by atomic mass is 16.6. The van der Waals surface area contributed by atoms with E-state index in [-0.39, 0.29) is 32.2 Å². The molecule has 0 amide bonds. The second kappa shape index (κ2) is 13.4. The molecule has 0 aromatic carbocycles. The summed E-state index contributed by atoms with van der Waals surface area (Å²) in [7, 11) is 0. The molecule has 0 bridgehead atoms. The van der Waals surface area contributed by atoms with E-state index in [0.29, 0.717) is 6.42 Å². The number of rotatable bonds is 15. The summed E-state index contributed by atoms with van der Waals surface area (Å²) in [5.41, 5.74) is 9.06. The molecule has 0 radical (unpaired) electrons. The molecule has 26 heavy (non-hydrogen) atoms. The summed E-state index contributed by atoms with van der Waals surface area (Å²) < 4.78 is 4.71. The third-order valence-electron chi connectivity index (χ3n) is 4.43. The van der Waals surface area contributed by atoms with Crippen LogP contribution >= 0.6 is 0 Å². The Morgan fingerprint density at radius 2 is 1.46 bits per heavy atom. The number of hydrogen-bond donors (Lipinski definition) is 3. The van der Waals surface area contributed by atoms with Gasteiger partial charge in [-0.2, -0.15) is 0 Å². The van der Waals surface area contributed by atoms with Crippen LogP contribution in [0.15, 0.2) is 0 Å². The van der Waals surface area contributed by atoms with E-state index in [4.69, 9.17) is 21.3 Å². The Kier molecular flexibility index (Phi) is 12.5. The van der Waals surface area contributed by atoms with Gasteiger partial charge in [-0.3, -0.25) is 19.2 Å². The van der Waals surface area contributed by atoms with Crippen LogP contribution < -0.4 is 11.5 Å². The molecular weight excluding hydrogens is 340 g/mol. The molecule has 8 heteroatoms. The lowest BCUT2D eigenvalue weighted by Gasteiger charge is -2.29.